The third kappa shape index (κ3) is 3.96. The summed E-state index contributed by atoms with van der Waals surface area (Å²) in [7, 11) is 0. The summed E-state index contributed by atoms with van der Waals surface area (Å²) in [6.07, 6.45) is 5.29. The molecule has 0 bridgehead atoms. The summed E-state index contributed by atoms with van der Waals surface area (Å²) in [4.78, 5) is 21.0. The Morgan fingerprint density at radius 2 is 1.92 bits per heavy atom. The second kappa shape index (κ2) is 7.45. The standard InChI is InChI=1S/C17H24N6O2/c24-16-5-2-6-18-23(16)12-11-21-7-9-22(10-8-21)13-15-19-17(25-20-15)14-3-1-4-14/h2,5-6,14H,1,3-4,7-13H2. The van der Waals surface area contributed by atoms with E-state index in [9.17, 15) is 4.79 Å². The lowest BCUT2D eigenvalue weighted by Crippen LogP contribution is -2.47. The van der Waals surface area contributed by atoms with E-state index < -0.39 is 0 Å². The lowest BCUT2D eigenvalue weighted by Gasteiger charge is -2.33. The minimum absolute atomic E-state index is 0.0412. The van der Waals surface area contributed by atoms with Crippen molar-refractivity contribution in [2.45, 2.75) is 38.3 Å². The molecule has 0 amide bonds. The molecule has 1 saturated carbocycles. The topological polar surface area (TPSA) is 80.3 Å². The first-order valence-electron chi connectivity index (χ1n) is 9.07. The average molecular weight is 344 g/mol. The van der Waals surface area contributed by atoms with Crippen molar-refractivity contribution in [3.63, 3.8) is 0 Å². The summed E-state index contributed by atoms with van der Waals surface area (Å²) in [5.41, 5.74) is -0.0412. The number of nitrogens with zero attached hydrogens (tertiary/aromatic N) is 6. The monoisotopic (exact) mass is 344 g/mol. The lowest BCUT2D eigenvalue weighted by atomic mass is 9.85. The van der Waals surface area contributed by atoms with Crippen LogP contribution in [0.3, 0.4) is 0 Å². The Balaban J connectivity index is 1.22. The van der Waals surface area contributed by atoms with Crippen LogP contribution < -0.4 is 5.56 Å². The molecule has 2 aromatic heterocycles. The molecule has 2 aliphatic rings. The Hall–Kier alpha value is -2.06. The van der Waals surface area contributed by atoms with E-state index in [0.717, 1.165) is 51.0 Å². The Bertz CT molecular complexity index is 745. The van der Waals surface area contributed by atoms with Crippen LogP contribution in [0.1, 0.15) is 36.9 Å². The largest absolute Gasteiger partial charge is 0.339 e. The first-order chi connectivity index (χ1) is 12.3. The highest BCUT2D eigenvalue weighted by Crippen LogP contribution is 2.35. The van der Waals surface area contributed by atoms with Gasteiger partial charge in [-0.25, -0.2) is 4.68 Å². The van der Waals surface area contributed by atoms with Gasteiger partial charge in [0.15, 0.2) is 5.82 Å². The van der Waals surface area contributed by atoms with Crippen LogP contribution in [0.25, 0.3) is 0 Å². The van der Waals surface area contributed by atoms with Crippen molar-refractivity contribution in [3.05, 3.63) is 40.4 Å². The van der Waals surface area contributed by atoms with Crippen LogP contribution in [0.2, 0.25) is 0 Å². The zero-order chi connectivity index (χ0) is 17.1. The van der Waals surface area contributed by atoms with E-state index in [1.165, 1.54) is 23.9 Å². The highest BCUT2D eigenvalue weighted by Gasteiger charge is 2.26. The average Bonchev–Trinajstić information content (AvgIpc) is 3.02. The quantitative estimate of drug-likeness (QED) is 0.763. The molecule has 8 nitrogen and oxygen atoms in total. The van der Waals surface area contributed by atoms with E-state index in [4.69, 9.17) is 4.52 Å². The Labute approximate surface area is 146 Å². The first kappa shape index (κ1) is 16.4. The third-order valence-electron chi connectivity index (χ3n) is 5.18. The summed E-state index contributed by atoms with van der Waals surface area (Å²) in [5, 5.41) is 8.23. The van der Waals surface area contributed by atoms with Crippen molar-refractivity contribution in [2.24, 2.45) is 0 Å². The van der Waals surface area contributed by atoms with Crippen LogP contribution in [0.15, 0.2) is 27.6 Å². The molecule has 3 heterocycles. The first-order valence-corrected chi connectivity index (χ1v) is 9.07. The minimum Gasteiger partial charge on any atom is -0.339 e. The van der Waals surface area contributed by atoms with Crippen molar-refractivity contribution in [1.29, 1.82) is 0 Å². The molecule has 0 N–H and O–H groups in total. The Morgan fingerprint density at radius 1 is 1.12 bits per heavy atom. The zero-order valence-electron chi connectivity index (χ0n) is 14.4. The van der Waals surface area contributed by atoms with Gasteiger partial charge >= 0.3 is 0 Å². The van der Waals surface area contributed by atoms with Crippen LogP contribution >= 0.6 is 0 Å². The number of aromatic nitrogens is 4. The summed E-state index contributed by atoms with van der Waals surface area (Å²) in [6.45, 7) is 6.15. The number of piperazine rings is 1. The van der Waals surface area contributed by atoms with Crippen molar-refractivity contribution in [1.82, 2.24) is 29.7 Å². The maximum Gasteiger partial charge on any atom is 0.266 e. The molecular formula is C17H24N6O2. The van der Waals surface area contributed by atoms with Gasteiger partial charge in [-0.2, -0.15) is 10.1 Å². The Morgan fingerprint density at radius 3 is 2.64 bits per heavy atom. The van der Waals surface area contributed by atoms with Crippen LogP contribution in [0.5, 0.6) is 0 Å². The molecule has 0 spiro atoms. The fourth-order valence-corrected chi connectivity index (χ4v) is 3.32. The SMILES string of the molecule is O=c1cccnn1CCN1CCN(Cc2noc(C3CCC3)n2)CC1. The van der Waals surface area contributed by atoms with Gasteiger partial charge in [-0.1, -0.05) is 11.6 Å². The molecule has 134 valence electrons. The predicted octanol–water partition coefficient (Wildman–Crippen LogP) is 0.712. The van der Waals surface area contributed by atoms with Gasteiger partial charge in [-0.3, -0.25) is 14.6 Å². The summed E-state index contributed by atoms with van der Waals surface area (Å²) < 4.78 is 6.91. The van der Waals surface area contributed by atoms with Crippen LogP contribution in [-0.4, -0.2) is 62.4 Å². The molecule has 0 atom stereocenters. The lowest BCUT2D eigenvalue weighted by molar-refractivity contribution is 0.120. The van der Waals surface area contributed by atoms with E-state index >= 15 is 0 Å². The van der Waals surface area contributed by atoms with E-state index in [1.807, 2.05) is 0 Å². The van der Waals surface area contributed by atoms with Crippen LogP contribution in [-0.2, 0) is 13.1 Å². The van der Waals surface area contributed by atoms with Crippen LogP contribution in [0, 0.1) is 0 Å². The third-order valence-corrected chi connectivity index (χ3v) is 5.18. The highest BCUT2D eigenvalue weighted by atomic mass is 16.5. The molecule has 1 saturated heterocycles. The Kier molecular flexibility index (Phi) is 4.89. The molecular weight excluding hydrogens is 320 g/mol. The van der Waals surface area contributed by atoms with Crippen molar-refractivity contribution in [3.8, 4) is 0 Å². The molecule has 1 aliphatic carbocycles. The summed E-state index contributed by atoms with van der Waals surface area (Å²) in [5.74, 6) is 2.11. The van der Waals surface area contributed by atoms with E-state index in [2.05, 4.69) is 25.0 Å². The molecule has 0 radical (unpaired) electrons. The van der Waals surface area contributed by atoms with E-state index in [1.54, 1.807) is 18.3 Å². The van der Waals surface area contributed by atoms with Crippen molar-refractivity contribution in [2.75, 3.05) is 32.7 Å². The van der Waals surface area contributed by atoms with Gasteiger partial charge in [0.1, 0.15) is 0 Å². The van der Waals surface area contributed by atoms with Gasteiger partial charge in [-0.15, -0.1) is 0 Å². The van der Waals surface area contributed by atoms with E-state index in [0.29, 0.717) is 12.5 Å². The fraction of sp³-hybridized carbons (Fsp3) is 0.647. The smallest absolute Gasteiger partial charge is 0.266 e. The maximum atomic E-state index is 11.7. The van der Waals surface area contributed by atoms with Gasteiger partial charge in [0.05, 0.1) is 13.1 Å². The van der Waals surface area contributed by atoms with E-state index in [-0.39, 0.29) is 5.56 Å². The van der Waals surface area contributed by atoms with Gasteiger partial charge < -0.3 is 4.52 Å². The molecule has 0 unspecified atom stereocenters. The molecule has 25 heavy (non-hydrogen) atoms. The van der Waals surface area contributed by atoms with Crippen molar-refractivity contribution >= 4 is 0 Å². The van der Waals surface area contributed by atoms with Gasteiger partial charge in [0, 0.05) is 50.9 Å². The van der Waals surface area contributed by atoms with Gasteiger partial charge in [0.25, 0.3) is 5.56 Å². The maximum absolute atomic E-state index is 11.7. The second-order valence-corrected chi connectivity index (χ2v) is 6.88. The molecule has 0 aromatic carbocycles. The zero-order valence-corrected chi connectivity index (χ0v) is 14.4. The minimum atomic E-state index is -0.0412. The molecule has 4 rings (SSSR count). The highest BCUT2D eigenvalue weighted by molar-refractivity contribution is 4.98. The second-order valence-electron chi connectivity index (χ2n) is 6.88. The molecule has 8 heteroatoms. The number of hydrogen-bond donors (Lipinski definition) is 0. The normalized spacial score (nSPS) is 19.8. The molecule has 2 fully saturated rings. The van der Waals surface area contributed by atoms with Gasteiger partial charge in [0.2, 0.25) is 5.89 Å². The molecule has 2 aromatic rings. The number of hydrogen-bond acceptors (Lipinski definition) is 7. The summed E-state index contributed by atoms with van der Waals surface area (Å²) in [6, 6.07) is 3.22. The van der Waals surface area contributed by atoms with Gasteiger partial charge in [-0.05, 0) is 18.9 Å². The predicted molar refractivity (Wildman–Crippen MR) is 91.1 cm³/mol. The van der Waals surface area contributed by atoms with Crippen molar-refractivity contribution < 1.29 is 4.52 Å². The van der Waals surface area contributed by atoms with Crippen LogP contribution in [0.4, 0.5) is 0 Å². The fourth-order valence-electron chi connectivity index (χ4n) is 3.32. The molecule has 1 aliphatic heterocycles. The number of rotatable bonds is 6. The summed E-state index contributed by atoms with van der Waals surface area (Å²) >= 11 is 0.